The zero-order chi connectivity index (χ0) is 14.4. The molecule has 1 aliphatic rings. The smallest absolute Gasteiger partial charge is 0.414 e. The van der Waals surface area contributed by atoms with Crippen LogP contribution in [0, 0.1) is 0 Å². The maximum Gasteiger partial charge on any atom is 0.414 e. The lowest BCUT2D eigenvalue weighted by Gasteiger charge is -2.29. The highest BCUT2D eigenvalue weighted by molar-refractivity contribution is 5.92. The molecule has 1 aromatic carbocycles. The van der Waals surface area contributed by atoms with Gasteiger partial charge in [-0.1, -0.05) is 43.7 Å². The first kappa shape index (κ1) is 14.3. The van der Waals surface area contributed by atoms with E-state index in [4.69, 9.17) is 4.74 Å². The Morgan fingerprint density at radius 1 is 1.35 bits per heavy atom. The van der Waals surface area contributed by atoms with Gasteiger partial charge in [0.15, 0.2) is 5.78 Å². The molecule has 1 aliphatic heterocycles. The number of allylic oxidation sites excluding steroid dienone is 1. The summed E-state index contributed by atoms with van der Waals surface area (Å²) >= 11 is 0. The Morgan fingerprint density at radius 2 is 2.10 bits per heavy atom. The molecule has 0 saturated heterocycles. The van der Waals surface area contributed by atoms with Crippen molar-refractivity contribution in [1.29, 1.82) is 0 Å². The second-order valence-corrected chi connectivity index (χ2v) is 4.88. The number of benzene rings is 1. The van der Waals surface area contributed by atoms with Gasteiger partial charge in [0.05, 0.1) is 0 Å². The lowest BCUT2D eigenvalue weighted by Crippen LogP contribution is -2.40. The SMILES string of the molecule is CCCC1CC(=O)C=CN1C(=O)OCc1ccccc1. The van der Waals surface area contributed by atoms with Crippen molar-refractivity contribution in [2.75, 3.05) is 0 Å². The number of ether oxygens (including phenoxy) is 1. The van der Waals surface area contributed by atoms with Crippen LogP contribution in [0.3, 0.4) is 0 Å². The van der Waals surface area contributed by atoms with Crippen LogP contribution in [0.4, 0.5) is 4.79 Å². The van der Waals surface area contributed by atoms with Crippen molar-refractivity contribution in [3.63, 3.8) is 0 Å². The van der Waals surface area contributed by atoms with Gasteiger partial charge in [-0.3, -0.25) is 9.69 Å². The van der Waals surface area contributed by atoms with Crippen LogP contribution in [0.25, 0.3) is 0 Å². The normalized spacial score (nSPS) is 18.1. The molecule has 1 aromatic rings. The molecule has 0 aliphatic carbocycles. The summed E-state index contributed by atoms with van der Waals surface area (Å²) in [4.78, 5) is 25.1. The largest absolute Gasteiger partial charge is 0.444 e. The number of amides is 1. The number of rotatable bonds is 4. The van der Waals surface area contributed by atoms with Gasteiger partial charge in [-0.2, -0.15) is 0 Å². The average Bonchev–Trinajstić information content (AvgIpc) is 2.46. The summed E-state index contributed by atoms with van der Waals surface area (Å²) in [6, 6.07) is 9.46. The lowest BCUT2D eigenvalue weighted by molar-refractivity contribution is -0.116. The minimum absolute atomic E-state index is 0.0653. The van der Waals surface area contributed by atoms with Crippen molar-refractivity contribution >= 4 is 11.9 Å². The van der Waals surface area contributed by atoms with Gasteiger partial charge >= 0.3 is 6.09 Å². The monoisotopic (exact) mass is 273 g/mol. The average molecular weight is 273 g/mol. The van der Waals surface area contributed by atoms with Crippen molar-refractivity contribution in [2.45, 2.75) is 38.8 Å². The van der Waals surface area contributed by atoms with Crippen LogP contribution in [-0.4, -0.2) is 22.8 Å². The molecule has 0 aromatic heterocycles. The fourth-order valence-electron chi connectivity index (χ4n) is 2.26. The van der Waals surface area contributed by atoms with Gasteiger partial charge in [0, 0.05) is 18.7 Å². The zero-order valence-electron chi connectivity index (χ0n) is 11.6. The molecule has 0 N–H and O–H groups in total. The number of hydrogen-bond donors (Lipinski definition) is 0. The summed E-state index contributed by atoms with van der Waals surface area (Å²) in [5.41, 5.74) is 0.949. The minimum atomic E-state index is -0.393. The molecule has 1 unspecified atom stereocenters. The van der Waals surface area contributed by atoms with E-state index in [1.165, 1.54) is 11.0 Å². The van der Waals surface area contributed by atoms with E-state index in [0.717, 1.165) is 18.4 Å². The van der Waals surface area contributed by atoms with Crippen LogP contribution in [0.5, 0.6) is 0 Å². The van der Waals surface area contributed by atoms with Gasteiger partial charge in [0.25, 0.3) is 0 Å². The van der Waals surface area contributed by atoms with Crippen molar-refractivity contribution in [3.8, 4) is 0 Å². The van der Waals surface area contributed by atoms with E-state index >= 15 is 0 Å². The fraction of sp³-hybridized carbons (Fsp3) is 0.375. The van der Waals surface area contributed by atoms with Crippen LogP contribution in [0.1, 0.15) is 31.7 Å². The molecule has 1 atom stereocenters. The van der Waals surface area contributed by atoms with Crippen molar-refractivity contribution in [3.05, 3.63) is 48.2 Å². The summed E-state index contributed by atoms with van der Waals surface area (Å²) in [5, 5.41) is 0. The van der Waals surface area contributed by atoms with E-state index in [1.807, 2.05) is 37.3 Å². The number of nitrogens with zero attached hydrogens (tertiary/aromatic N) is 1. The van der Waals surface area contributed by atoms with Gasteiger partial charge in [0.1, 0.15) is 6.61 Å². The van der Waals surface area contributed by atoms with Gasteiger partial charge in [-0.25, -0.2) is 4.79 Å². The third-order valence-corrected chi connectivity index (χ3v) is 3.29. The predicted octanol–water partition coefficient (Wildman–Crippen LogP) is 3.28. The highest BCUT2D eigenvalue weighted by Crippen LogP contribution is 2.18. The first-order valence-corrected chi connectivity index (χ1v) is 6.90. The highest BCUT2D eigenvalue weighted by atomic mass is 16.6. The molecule has 0 fully saturated rings. The van der Waals surface area contributed by atoms with Crippen LogP contribution in [0.15, 0.2) is 42.6 Å². The van der Waals surface area contributed by atoms with Crippen LogP contribution in [-0.2, 0) is 16.1 Å². The Bertz CT molecular complexity index is 496. The number of carbonyl (C=O) groups excluding carboxylic acids is 2. The molecule has 20 heavy (non-hydrogen) atoms. The first-order valence-electron chi connectivity index (χ1n) is 6.90. The van der Waals surface area contributed by atoms with Crippen molar-refractivity contribution < 1.29 is 14.3 Å². The molecular formula is C16H19NO3. The van der Waals surface area contributed by atoms with E-state index in [1.54, 1.807) is 6.20 Å². The van der Waals surface area contributed by atoms with Crippen LogP contribution < -0.4 is 0 Å². The quantitative estimate of drug-likeness (QED) is 0.845. The lowest BCUT2D eigenvalue weighted by atomic mass is 10.0. The second kappa shape index (κ2) is 6.89. The fourth-order valence-corrected chi connectivity index (χ4v) is 2.26. The predicted molar refractivity (Wildman–Crippen MR) is 75.9 cm³/mol. The summed E-state index contributed by atoms with van der Waals surface area (Å²) in [7, 11) is 0. The van der Waals surface area contributed by atoms with Crippen LogP contribution in [0.2, 0.25) is 0 Å². The zero-order valence-corrected chi connectivity index (χ0v) is 11.6. The van der Waals surface area contributed by atoms with E-state index in [-0.39, 0.29) is 18.4 Å². The second-order valence-electron chi connectivity index (χ2n) is 4.88. The van der Waals surface area contributed by atoms with Gasteiger partial charge in [-0.05, 0) is 18.1 Å². The summed E-state index contributed by atoms with van der Waals surface area (Å²) < 4.78 is 5.30. The standard InChI is InChI=1S/C16H19NO3/c1-2-6-14-11-15(18)9-10-17(14)16(19)20-12-13-7-4-3-5-8-13/h3-5,7-10,14H,2,6,11-12H2,1H3. The highest BCUT2D eigenvalue weighted by Gasteiger charge is 2.27. The van der Waals surface area contributed by atoms with Crippen molar-refractivity contribution in [1.82, 2.24) is 4.90 Å². The molecule has 4 heteroatoms. The van der Waals surface area contributed by atoms with Crippen molar-refractivity contribution in [2.24, 2.45) is 0 Å². The van der Waals surface area contributed by atoms with E-state index < -0.39 is 6.09 Å². The molecule has 0 bridgehead atoms. The molecule has 106 valence electrons. The Labute approximate surface area is 119 Å². The summed E-state index contributed by atoms with van der Waals surface area (Å²) in [5.74, 6) is 0.0653. The number of carbonyl (C=O) groups is 2. The minimum Gasteiger partial charge on any atom is -0.444 e. The number of hydrogen-bond acceptors (Lipinski definition) is 3. The molecule has 0 spiro atoms. The van der Waals surface area contributed by atoms with E-state index in [0.29, 0.717) is 6.42 Å². The van der Waals surface area contributed by atoms with E-state index in [9.17, 15) is 9.59 Å². The maximum atomic E-state index is 12.1. The molecule has 1 amide bonds. The molecular weight excluding hydrogens is 254 g/mol. The molecule has 1 heterocycles. The molecule has 0 saturated carbocycles. The Morgan fingerprint density at radius 3 is 2.80 bits per heavy atom. The maximum absolute atomic E-state index is 12.1. The Kier molecular flexibility index (Phi) is 4.93. The Hall–Kier alpha value is -2.10. The summed E-state index contributed by atoms with van der Waals surface area (Å²) in [6.45, 7) is 2.28. The topological polar surface area (TPSA) is 46.6 Å². The van der Waals surface area contributed by atoms with Gasteiger partial charge in [0.2, 0.25) is 0 Å². The van der Waals surface area contributed by atoms with Gasteiger partial charge < -0.3 is 4.74 Å². The third kappa shape index (κ3) is 3.70. The molecule has 2 rings (SSSR count). The van der Waals surface area contributed by atoms with Crippen LogP contribution >= 0.6 is 0 Å². The molecule has 4 nitrogen and oxygen atoms in total. The number of ketones is 1. The third-order valence-electron chi connectivity index (χ3n) is 3.29. The summed E-state index contributed by atoms with van der Waals surface area (Å²) in [6.07, 6.45) is 4.70. The van der Waals surface area contributed by atoms with Gasteiger partial charge in [-0.15, -0.1) is 0 Å². The Balaban J connectivity index is 1.96. The first-order chi connectivity index (χ1) is 9.70. The molecule has 0 radical (unpaired) electrons. The van der Waals surface area contributed by atoms with E-state index in [2.05, 4.69) is 0 Å².